The van der Waals surface area contributed by atoms with Gasteiger partial charge in [-0.3, -0.25) is 4.79 Å². The molecule has 1 amide bonds. The van der Waals surface area contributed by atoms with Crippen LogP contribution in [0, 0.1) is 0 Å². The quantitative estimate of drug-likeness (QED) is 0.825. The largest absolute Gasteiger partial charge is 0.378 e. The number of hydrogen-bond donors (Lipinski definition) is 0. The van der Waals surface area contributed by atoms with Gasteiger partial charge in [0.25, 0.3) is 5.91 Å². The summed E-state index contributed by atoms with van der Waals surface area (Å²) >= 11 is 0. The molecule has 1 aromatic rings. The van der Waals surface area contributed by atoms with Crippen molar-refractivity contribution in [3.05, 3.63) is 29.8 Å². The predicted octanol–water partition coefficient (Wildman–Crippen LogP) is 3.71. The molecule has 2 saturated heterocycles. The minimum atomic E-state index is 0.107. The van der Waals surface area contributed by atoms with Gasteiger partial charge >= 0.3 is 0 Å². The van der Waals surface area contributed by atoms with Gasteiger partial charge in [-0.05, 0) is 69.2 Å². The van der Waals surface area contributed by atoms with E-state index in [1.165, 1.54) is 37.8 Å². The van der Waals surface area contributed by atoms with E-state index in [4.69, 9.17) is 4.74 Å². The molecule has 0 spiro atoms. The Morgan fingerprint density at radius 3 is 2.54 bits per heavy atom. The second kappa shape index (κ2) is 8.52. The van der Waals surface area contributed by atoms with E-state index in [0.29, 0.717) is 6.10 Å². The number of rotatable bonds is 5. The van der Waals surface area contributed by atoms with E-state index in [-0.39, 0.29) is 5.91 Å². The topological polar surface area (TPSA) is 32.8 Å². The highest BCUT2D eigenvalue weighted by molar-refractivity contribution is 5.94. The molecular formula is C20H30N2O2. The van der Waals surface area contributed by atoms with Crippen LogP contribution in [0.15, 0.2) is 24.3 Å². The zero-order valence-corrected chi connectivity index (χ0v) is 14.9. The molecule has 0 radical (unpaired) electrons. The van der Waals surface area contributed by atoms with Crippen LogP contribution in [0.3, 0.4) is 0 Å². The summed E-state index contributed by atoms with van der Waals surface area (Å²) in [7, 11) is 1.89. The van der Waals surface area contributed by atoms with Crippen LogP contribution in [-0.2, 0) is 4.74 Å². The van der Waals surface area contributed by atoms with Crippen molar-refractivity contribution in [2.45, 2.75) is 51.0 Å². The molecule has 0 aliphatic carbocycles. The Labute approximate surface area is 145 Å². The van der Waals surface area contributed by atoms with Crippen molar-refractivity contribution in [3.8, 4) is 0 Å². The smallest absolute Gasteiger partial charge is 0.253 e. The molecule has 24 heavy (non-hydrogen) atoms. The highest BCUT2D eigenvalue weighted by Crippen LogP contribution is 2.21. The molecule has 0 unspecified atom stereocenters. The van der Waals surface area contributed by atoms with Gasteiger partial charge in [-0.25, -0.2) is 0 Å². The van der Waals surface area contributed by atoms with E-state index >= 15 is 0 Å². The summed E-state index contributed by atoms with van der Waals surface area (Å²) < 4.78 is 5.75. The lowest BCUT2D eigenvalue weighted by Gasteiger charge is -2.29. The molecule has 4 heteroatoms. The van der Waals surface area contributed by atoms with Crippen LogP contribution in [0.5, 0.6) is 0 Å². The monoisotopic (exact) mass is 330 g/mol. The lowest BCUT2D eigenvalue weighted by Crippen LogP contribution is -2.32. The molecule has 3 rings (SSSR count). The van der Waals surface area contributed by atoms with Crippen LogP contribution in [-0.4, -0.2) is 50.2 Å². The molecule has 2 fully saturated rings. The van der Waals surface area contributed by atoms with Gasteiger partial charge in [-0.1, -0.05) is 0 Å². The van der Waals surface area contributed by atoms with Crippen LogP contribution in [0.25, 0.3) is 0 Å². The lowest BCUT2D eigenvalue weighted by molar-refractivity contribution is 0.00709. The number of nitrogens with zero attached hydrogens (tertiary/aromatic N) is 2. The number of ether oxygens (including phenoxy) is 1. The fourth-order valence-electron chi connectivity index (χ4n) is 3.66. The van der Waals surface area contributed by atoms with E-state index in [1.807, 2.05) is 24.1 Å². The van der Waals surface area contributed by atoms with E-state index in [9.17, 15) is 4.79 Å². The van der Waals surface area contributed by atoms with Gasteiger partial charge in [0.1, 0.15) is 0 Å². The molecular weight excluding hydrogens is 300 g/mol. The molecule has 132 valence electrons. The maximum atomic E-state index is 12.6. The Morgan fingerprint density at radius 1 is 1.12 bits per heavy atom. The first-order valence-electron chi connectivity index (χ1n) is 9.46. The van der Waals surface area contributed by atoms with Crippen molar-refractivity contribution in [3.63, 3.8) is 0 Å². The number of anilines is 1. The molecule has 2 aliphatic rings. The normalized spacial score (nSPS) is 21.5. The zero-order valence-electron chi connectivity index (χ0n) is 14.9. The molecule has 1 aromatic carbocycles. The second-order valence-corrected chi connectivity index (χ2v) is 7.10. The molecule has 0 bridgehead atoms. The number of carbonyl (C=O) groups excluding carboxylic acids is 1. The summed E-state index contributed by atoms with van der Waals surface area (Å²) in [4.78, 5) is 16.8. The van der Waals surface area contributed by atoms with Crippen LogP contribution < -0.4 is 4.90 Å². The van der Waals surface area contributed by atoms with Gasteiger partial charge in [0, 0.05) is 44.5 Å². The van der Waals surface area contributed by atoms with E-state index in [0.717, 1.165) is 44.6 Å². The Morgan fingerprint density at radius 2 is 1.88 bits per heavy atom. The Bertz CT molecular complexity index is 517. The third-order valence-electron chi connectivity index (χ3n) is 5.24. The van der Waals surface area contributed by atoms with Crippen molar-refractivity contribution in [1.82, 2.24) is 4.90 Å². The number of hydrogen-bond acceptors (Lipinski definition) is 3. The number of carbonyl (C=O) groups is 1. The minimum absolute atomic E-state index is 0.107. The van der Waals surface area contributed by atoms with Gasteiger partial charge in [0.2, 0.25) is 0 Å². The highest BCUT2D eigenvalue weighted by Gasteiger charge is 2.18. The molecule has 4 nitrogen and oxygen atoms in total. The summed E-state index contributed by atoms with van der Waals surface area (Å²) in [6.45, 7) is 3.90. The molecule has 2 heterocycles. The SMILES string of the molecule is CN(CC[C@@H]1CCCCO1)C(=O)c1ccc(N2CCCCC2)cc1. The summed E-state index contributed by atoms with van der Waals surface area (Å²) in [6, 6.07) is 8.13. The van der Waals surface area contributed by atoms with Crippen molar-refractivity contribution in [2.75, 3.05) is 38.2 Å². The van der Waals surface area contributed by atoms with Crippen molar-refractivity contribution >= 4 is 11.6 Å². The van der Waals surface area contributed by atoms with Gasteiger partial charge in [-0.15, -0.1) is 0 Å². The van der Waals surface area contributed by atoms with E-state index < -0.39 is 0 Å². The highest BCUT2D eigenvalue weighted by atomic mass is 16.5. The first-order valence-corrected chi connectivity index (χ1v) is 9.46. The number of amides is 1. The molecule has 0 saturated carbocycles. The third-order valence-corrected chi connectivity index (χ3v) is 5.24. The van der Waals surface area contributed by atoms with Gasteiger partial charge < -0.3 is 14.5 Å². The lowest BCUT2D eigenvalue weighted by atomic mass is 10.1. The average Bonchev–Trinajstić information content (AvgIpc) is 2.67. The molecule has 2 aliphatic heterocycles. The number of piperidine rings is 1. The number of benzene rings is 1. The summed E-state index contributed by atoms with van der Waals surface area (Å²) in [5, 5.41) is 0. The first-order chi connectivity index (χ1) is 11.7. The molecule has 0 N–H and O–H groups in total. The van der Waals surface area contributed by atoms with Crippen molar-refractivity contribution in [1.29, 1.82) is 0 Å². The Balaban J connectivity index is 1.51. The first kappa shape index (κ1) is 17.3. The molecule has 0 aromatic heterocycles. The second-order valence-electron chi connectivity index (χ2n) is 7.10. The van der Waals surface area contributed by atoms with Crippen LogP contribution >= 0.6 is 0 Å². The zero-order chi connectivity index (χ0) is 16.8. The fourth-order valence-corrected chi connectivity index (χ4v) is 3.66. The third kappa shape index (κ3) is 4.50. The van der Waals surface area contributed by atoms with E-state index in [1.54, 1.807) is 0 Å². The Kier molecular flexibility index (Phi) is 6.13. The average molecular weight is 330 g/mol. The van der Waals surface area contributed by atoms with Crippen LogP contribution in [0.1, 0.15) is 55.3 Å². The standard InChI is InChI=1S/C20H30N2O2/c1-21(15-12-19-7-3-6-16-24-19)20(23)17-8-10-18(11-9-17)22-13-4-2-5-14-22/h8-11,19H,2-7,12-16H2,1H3/t19-/m0/s1. The fraction of sp³-hybridized carbons (Fsp3) is 0.650. The summed E-state index contributed by atoms with van der Waals surface area (Å²) in [6.07, 6.45) is 8.70. The van der Waals surface area contributed by atoms with Crippen molar-refractivity contribution < 1.29 is 9.53 Å². The maximum absolute atomic E-state index is 12.6. The summed E-state index contributed by atoms with van der Waals surface area (Å²) in [5.41, 5.74) is 2.02. The summed E-state index contributed by atoms with van der Waals surface area (Å²) in [5.74, 6) is 0.107. The van der Waals surface area contributed by atoms with Crippen LogP contribution in [0.2, 0.25) is 0 Å². The van der Waals surface area contributed by atoms with Crippen molar-refractivity contribution in [2.24, 2.45) is 0 Å². The minimum Gasteiger partial charge on any atom is -0.378 e. The maximum Gasteiger partial charge on any atom is 0.253 e. The van der Waals surface area contributed by atoms with Gasteiger partial charge in [-0.2, -0.15) is 0 Å². The Hall–Kier alpha value is -1.55. The van der Waals surface area contributed by atoms with Gasteiger partial charge in [0.15, 0.2) is 0 Å². The van der Waals surface area contributed by atoms with Crippen LogP contribution in [0.4, 0.5) is 5.69 Å². The molecule has 1 atom stereocenters. The van der Waals surface area contributed by atoms with Gasteiger partial charge in [0.05, 0.1) is 6.10 Å². The van der Waals surface area contributed by atoms with E-state index in [2.05, 4.69) is 17.0 Å². The predicted molar refractivity (Wildman–Crippen MR) is 97.7 cm³/mol.